The molecular weight excluding hydrogens is 466 g/mol. The first-order chi connectivity index (χ1) is 16.9. The minimum Gasteiger partial charge on any atom is -0.508 e. The van der Waals surface area contributed by atoms with Gasteiger partial charge in [0.15, 0.2) is 17.0 Å². The van der Waals surface area contributed by atoms with Crippen LogP contribution in [0.4, 0.5) is 0 Å². The van der Waals surface area contributed by atoms with Crippen LogP contribution in [0.5, 0.6) is 5.75 Å². The standard InChI is InChI=1S/C26H25N3O7/c1-10(2)7-15-28-14-6-5-11-8-12-9-13-19(29(3)4)21(31)18(25(27)34)24(33)26(13,35)23(32)17(12)20(30)16(11)22(14)36-15/h5-8,13,19,30,33,35H,9H2,1-4H3,(H2,27,34)/t13-,19-,26-/m0/s1. The van der Waals surface area contributed by atoms with Gasteiger partial charge in [0.25, 0.3) is 5.91 Å². The lowest BCUT2D eigenvalue weighted by Gasteiger charge is -2.47. The fourth-order valence-corrected chi connectivity index (χ4v) is 5.49. The Bertz CT molecular complexity index is 1580. The van der Waals surface area contributed by atoms with Gasteiger partial charge in [0.05, 0.1) is 17.0 Å². The maximum absolute atomic E-state index is 13.8. The summed E-state index contributed by atoms with van der Waals surface area (Å²) < 4.78 is 5.87. The number of oxazole rings is 1. The number of benzene rings is 2. The molecule has 1 amide bonds. The fraction of sp³-hybridized carbons (Fsp3) is 0.308. The van der Waals surface area contributed by atoms with Gasteiger partial charge in [0, 0.05) is 5.92 Å². The van der Waals surface area contributed by atoms with Crippen LogP contribution in [-0.4, -0.2) is 68.4 Å². The molecule has 5 N–H and O–H groups in total. The molecule has 1 aromatic heterocycles. The number of aromatic nitrogens is 1. The number of aliphatic hydroxyl groups is 2. The molecule has 0 saturated carbocycles. The predicted molar refractivity (Wildman–Crippen MR) is 130 cm³/mol. The van der Waals surface area contributed by atoms with Gasteiger partial charge in [0.1, 0.15) is 22.6 Å². The highest BCUT2D eigenvalue weighted by Crippen LogP contribution is 2.49. The van der Waals surface area contributed by atoms with Gasteiger partial charge in [-0.2, -0.15) is 0 Å². The fourth-order valence-electron chi connectivity index (χ4n) is 5.49. The lowest BCUT2D eigenvalue weighted by atomic mass is 9.62. The van der Waals surface area contributed by atoms with E-state index in [-0.39, 0.29) is 23.0 Å². The first kappa shape index (κ1) is 23.7. The summed E-state index contributed by atoms with van der Waals surface area (Å²) in [6.07, 6.45) is 1.69. The molecule has 0 fully saturated rings. The average Bonchev–Trinajstić information content (AvgIpc) is 3.17. The number of Topliss-reactive ketones (excluding diaryl/α,β-unsaturated/α-hetero) is 2. The molecule has 0 unspecified atom stereocenters. The Kier molecular flexibility index (Phi) is 5.10. The number of ketones is 2. The third-order valence-electron chi connectivity index (χ3n) is 6.99. The molecule has 186 valence electrons. The lowest BCUT2D eigenvalue weighted by Crippen LogP contribution is -2.64. The molecule has 5 rings (SSSR count). The molecule has 1 heterocycles. The molecule has 2 aliphatic carbocycles. The third kappa shape index (κ3) is 3.04. The maximum Gasteiger partial charge on any atom is 0.255 e. The van der Waals surface area contributed by atoms with Crippen molar-refractivity contribution < 1.29 is 34.1 Å². The van der Waals surface area contributed by atoms with E-state index in [1.165, 1.54) is 4.90 Å². The summed E-state index contributed by atoms with van der Waals surface area (Å²) in [6.45, 7) is 3.76. The van der Waals surface area contributed by atoms with E-state index < -0.39 is 52.1 Å². The Labute approximate surface area is 205 Å². The van der Waals surface area contributed by atoms with Crippen LogP contribution < -0.4 is 5.73 Å². The molecule has 3 aromatic rings. The highest BCUT2D eigenvalue weighted by molar-refractivity contribution is 6.25. The van der Waals surface area contributed by atoms with Crippen molar-refractivity contribution in [1.29, 1.82) is 0 Å². The Morgan fingerprint density at radius 2 is 1.94 bits per heavy atom. The van der Waals surface area contributed by atoms with Crippen LogP contribution in [0, 0.1) is 5.92 Å². The Morgan fingerprint density at radius 3 is 2.56 bits per heavy atom. The van der Waals surface area contributed by atoms with Crippen LogP contribution in [0.1, 0.15) is 35.7 Å². The van der Waals surface area contributed by atoms with Crippen LogP contribution in [-0.2, 0) is 16.0 Å². The van der Waals surface area contributed by atoms with Crippen LogP contribution in [0.25, 0.3) is 27.9 Å². The minimum atomic E-state index is -2.64. The van der Waals surface area contributed by atoms with Gasteiger partial charge in [-0.05, 0) is 63.5 Å². The second kappa shape index (κ2) is 7.74. The molecule has 0 bridgehead atoms. The van der Waals surface area contributed by atoms with Crippen molar-refractivity contribution in [1.82, 2.24) is 9.88 Å². The number of nitrogens with zero attached hydrogens (tertiary/aromatic N) is 2. The summed E-state index contributed by atoms with van der Waals surface area (Å²) in [5.74, 6) is -5.42. The van der Waals surface area contributed by atoms with Gasteiger partial charge in [-0.25, -0.2) is 4.98 Å². The van der Waals surface area contributed by atoms with E-state index in [9.17, 15) is 29.7 Å². The number of carbonyl (C=O) groups is 3. The Balaban J connectivity index is 1.81. The molecule has 3 atom stereocenters. The Morgan fingerprint density at radius 1 is 1.25 bits per heavy atom. The van der Waals surface area contributed by atoms with E-state index in [0.29, 0.717) is 22.4 Å². The quantitative estimate of drug-likeness (QED) is 0.401. The van der Waals surface area contributed by atoms with Crippen molar-refractivity contribution in [2.24, 2.45) is 11.7 Å². The Hall–Kier alpha value is -4.02. The summed E-state index contributed by atoms with van der Waals surface area (Å²) in [5.41, 5.74) is 3.70. The summed E-state index contributed by atoms with van der Waals surface area (Å²) in [6, 6.07) is 4.03. The second-order valence-corrected chi connectivity index (χ2v) is 9.81. The number of amides is 1. The summed E-state index contributed by atoms with van der Waals surface area (Å²) >= 11 is 0. The number of likely N-dealkylation sites (N-methyl/N-ethyl adjacent to an activating group) is 1. The number of allylic oxidation sites excluding steroid dienone is 1. The number of aliphatic hydroxyl groups excluding tert-OH is 1. The zero-order chi connectivity index (χ0) is 26.3. The first-order valence-corrected chi connectivity index (χ1v) is 11.3. The van der Waals surface area contributed by atoms with Crippen LogP contribution >= 0.6 is 0 Å². The summed E-state index contributed by atoms with van der Waals surface area (Å²) in [5, 5.41) is 34.7. The van der Waals surface area contributed by atoms with Gasteiger partial charge < -0.3 is 25.5 Å². The normalized spacial score (nSPS) is 23.8. The van der Waals surface area contributed by atoms with Gasteiger partial charge in [-0.15, -0.1) is 0 Å². The van der Waals surface area contributed by atoms with E-state index in [0.717, 1.165) is 5.57 Å². The molecule has 0 aliphatic heterocycles. The van der Waals surface area contributed by atoms with E-state index in [2.05, 4.69) is 4.98 Å². The van der Waals surface area contributed by atoms with Gasteiger partial charge in [0.2, 0.25) is 11.7 Å². The summed E-state index contributed by atoms with van der Waals surface area (Å²) in [7, 11) is 3.12. The molecule has 2 aromatic carbocycles. The lowest BCUT2D eigenvalue weighted by molar-refractivity contribution is -0.132. The molecule has 0 saturated heterocycles. The van der Waals surface area contributed by atoms with E-state index in [4.69, 9.17) is 10.2 Å². The number of phenols is 1. The van der Waals surface area contributed by atoms with Crippen LogP contribution in [0.2, 0.25) is 0 Å². The van der Waals surface area contributed by atoms with Gasteiger partial charge >= 0.3 is 0 Å². The zero-order valence-corrected chi connectivity index (χ0v) is 20.1. The van der Waals surface area contributed by atoms with Crippen LogP contribution in [0.3, 0.4) is 0 Å². The van der Waals surface area contributed by atoms with Crippen molar-refractivity contribution in [3.05, 3.63) is 52.1 Å². The van der Waals surface area contributed by atoms with Gasteiger partial charge in [-0.3, -0.25) is 19.3 Å². The molecular formula is C26H25N3O7. The number of nitrogens with two attached hydrogens (primary N) is 1. The molecule has 0 spiro atoms. The van der Waals surface area contributed by atoms with Crippen molar-refractivity contribution in [2.45, 2.75) is 31.9 Å². The van der Waals surface area contributed by atoms with Gasteiger partial charge in [-0.1, -0.05) is 11.6 Å². The van der Waals surface area contributed by atoms with E-state index in [1.807, 2.05) is 13.8 Å². The van der Waals surface area contributed by atoms with E-state index >= 15 is 0 Å². The molecule has 2 aliphatic rings. The van der Waals surface area contributed by atoms with Crippen molar-refractivity contribution >= 4 is 45.4 Å². The average molecular weight is 492 g/mol. The number of fused-ring (bicyclic) bond motifs is 5. The maximum atomic E-state index is 13.8. The number of hydrogen-bond acceptors (Lipinski definition) is 9. The summed E-state index contributed by atoms with van der Waals surface area (Å²) in [4.78, 5) is 44.8. The SMILES string of the molecule is CC(C)=Cc1nc2ccc3cc4c(c(O)c3c2o1)C(=O)[C@]1(O)C(O)=C(C(N)=O)C(=O)[C@@H](N(C)C)[C@@H]1C4. The van der Waals surface area contributed by atoms with Crippen molar-refractivity contribution in [3.8, 4) is 5.75 Å². The number of hydrogen-bond donors (Lipinski definition) is 4. The number of rotatable bonds is 3. The molecule has 10 nitrogen and oxygen atoms in total. The largest absolute Gasteiger partial charge is 0.508 e. The van der Waals surface area contributed by atoms with Crippen molar-refractivity contribution in [3.63, 3.8) is 0 Å². The first-order valence-electron chi connectivity index (χ1n) is 11.3. The number of aromatic hydroxyl groups is 1. The molecule has 0 radical (unpaired) electrons. The van der Waals surface area contributed by atoms with Crippen LogP contribution in [0.15, 0.2) is 39.5 Å². The number of phenolic OH excluding ortho intramolecular Hbond substituents is 1. The number of carbonyl (C=O) groups excluding carboxylic acids is 3. The van der Waals surface area contributed by atoms with E-state index in [1.54, 1.807) is 38.4 Å². The predicted octanol–water partition coefficient (Wildman–Crippen LogP) is 2.01. The second-order valence-electron chi connectivity index (χ2n) is 9.81. The smallest absolute Gasteiger partial charge is 0.255 e. The zero-order valence-electron chi connectivity index (χ0n) is 20.1. The van der Waals surface area contributed by atoms with Crippen molar-refractivity contribution in [2.75, 3.05) is 14.1 Å². The molecule has 36 heavy (non-hydrogen) atoms. The highest BCUT2D eigenvalue weighted by Gasteiger charge is 2.62. The molecule has 10 heteroatoms. The number of primary amides is 1. The third-order valence-corrected chi connectivity index (χ3v) is 6.99. The highest BCUT2D eigenvalue weighted by atomic mass is 16.4. The topological polar surface area (TPSA) is 167 Å². The minimum absolute atomic E-state index is 0.0385. The monoisotopic (exact) mass is 491 g/mol.